The minimum Gasteiger partial charge on any atom is -0.206 e. The van der Waals surface area contributed by atoms with Crippen molar-refractivity contribution in [2.45, 2.75) is 114 Å². The van der Waals surface area contributed by atoms with E-state index in [1.807, 2.05) is 0 Å². The molecule has 0 nitrogen and oxygen atoms in total. The van der Waals surface area contributed by atoms with E-state index >= 15 is 0 Å². The van der Waals surface area contributed by atoms with Crippen LogP contribution in [0, 0.1) is 23.5 Å². The van der Waals surface area contributed by atoms with Gasteiger partial charge < -0.3 is 0 Å². The van der Waals surface area contributed by atoms with Gasteiger partial charge in [-0.05, 0) is 61.1 Å². The maximum absolute atomic E-state index is 14.2. The van der Waals surface area contributed by atoms with Crippen LogP contribution in [0.5, 0.6) is 0 Å². The average molecular weight is 501 g/mol. The summed E-state index contributed by atoms with van der Waals surface area (Å²) in [7, 11) is -0.413. The van der Waals surface area contributed by atoms with Crippen LogP contribution in [0.15, 0.2) is 18.2 Å². The Kier molecular flexibility index (Phi) is 11.1. The van der Waals surface area contributed by atoms with E-state index in [0.717, 1.165) is 43.7 Å². The van der Waals surface area contributed by atoms with E-state index in [1.54, 1.807) is 18.1 Å². The maximum Gasteiger partial charge on any atom is 0.306 e. The summed E-state index contributed by atoms with van der Waals surface area (Å²) in [5.41, 5.74) is -0.803. The molecule has 0 aromatic heterocycles. The third-order valence-electron chi connectivity index (χ3n) is 8.43. The number of unbranched alkanes of at least 4 members (excludes halogenated alkanes) is 3. The lowest BCUT2D eigenvalue weighted by Crippen LogP contribution is -2.21. The first-order chi connectivity index (χ1) is 16.4. The summed E-state index contributed by atoms with van der Waals surface area (Å²) in [6.45, 7) is 2.29. The third-order valence-corrected chi connectivity index (χ3v) is 11.9. The van der Waals surface area contributed by atoms with E-state index in [0.29, 0.717) is 11.5 Å². The maximum atomic E-state index is 14.2. The van der Waals surface area contributed by atoms with Gasteiger partial charge in [-0.15, -0.1) is 0 Å². The third kappa shape index (κ3) is 7.92. The fourth-order valence-electron chi connectivity index (χ4n) is 6.27. The second kappa shape index (κ2) is 13.8. The molecule has 0 radical (unpaired) electrons. The molecule has 0 unspecified atom stereocenters. The van der Waals surface area contributed by atoms with Crippen molar-refractivity contribution >= 4 is 14.6 Å². The lowest BCUT2D eigenvalue weighted by atomic mass is 9.76. The molecular weight excluding hydrogens is 459 g/mol. The van der Waals surface area contributed by atoms with Crippen LogP contribution in [0.2, 0.25) is 18.1 Å². The van der Waals surface area contributed by atoms with Crippen LogP contribution in [0.1, 0.15) is 107 Å². The average Bonchev–Trinajstić information content (AvgIpc) is 2.82. The first kappa shape index (κ1) is 27.4. The number of rotatable bonds is 11. The van der Waals surface area contributed by atoms with E-state index in [4.69, 9.17) is 0 Å². The van der Waals surface area contributed by atoms with Gasteiger partial charge in [-0.1, -0.05) is 82.8 Å². The van der Waals surface area contributed by atoms with Crippen LogP contribution >= 0.6 is 0 Å². The van der Waals surface area contributed by atoms with Gasteiger partial charge in [0, 0.05) is 8.80 Å². The molecule has 1 saturated carbocycles. The van der Waals surface area contributed by atoms with Gasteiger partial charge in [0.1, 0.15) is 11.6 Å². The van der Waals surface area contributed by atoms with Crippen molar-refractivity contribution in [3.63, 3.8) is 0 Å². The SMILES string of the molecule is CCCCC[Si@H]1CC[C@H](CCCC[C@H]2CC[C@H](c3cc(F)c(C(F)=C(F)F)c(F)c3)CC2)CC1. The molecular formula is C28H41F5Si. The molecule has 1 heterocycles. The molecule has 34 heavy (non-hydrogen) atoms. The molecule has 1 aliphatic heterocycles. The smallest absolute Gasteiger partial charge is 0.206 e. The zero-order chi connectivity index (χ0) is 24.5. The number of hydrogen-bond donors (Lipinski definition) is 0. The van der Waals surface area contributed by atoms with Crippen molar-refractivity contribution in [2.75, 3.05) is 0 Å². The Morgan fingerprint density at radius 2 is 1.35 bits per heavy atom. The van der Waals surface area contributed by atoms with Gasteiger partial charge in [-0.3, -0.25) is 0 Å². The molecule has 0 N–H and O–H groups in total. The Labute approximate surface area is 204 Å². The lowest BCUT2D eigenvalue weighted by molar-refractivity contribution is 0.296. The van der Waals surface area contributed by atoms with Gasteiger partial charge in [0.25, 0.3) is 0 Å². The summed E-state index contributed by atoms with van der Waals surface area (Å²) in [5, 5.41) is 0. The highest BCUT2D eigenvalue weighted by atomic mass is 28.3. The molecule has 2 aliphatic rings. The van der Waals surface area contributed by atoms with Crippen molar-refractivity contribution in [2.24, 2.45) is 11.8 Å². The van der Waals surface area contributed by atoms with Crippen molar-refractivity contribution in [3.05, 3.63) is 41.0 Å². The normalized spacial score (nSPS) is 25.4. The summed E-state index contributed by atoms with van der Waals surface area (Å²) in [5.74, 6) is -3.00. The minimum absolute atomic E-state index is 0.00763. The molecule has 1 aromatic carbocycles. The molecule has 1 aromatic rings. The van der Waals surface area contributed by atoms with Crippen molar-refractivity contribution in [1.82, 2.24) is 0 Å². The Morgan fingerprint density at radius 3 is 1.88 bits per heavy atom. The quantitative estimate of drug-likeness (QED) is 0.161. The number of benzene rings is 1. The predicted molar refractivity (Wildman–Crippen MR) is 134 cm³/mol. The molecule has 0 atom stereocenters. The van der Waals surface area contributed by atoms with Gasteiger partial charge in [0.15, 0.2) is 0 Å². The summed E-state index contributed by atoms with van der Waals surface area (Å²) < 4.78 is 66.6. The minimum atomic E-state index is -2.71. The van der Waals surface area contributed by atoms with Crippen LogP contribution in [0.3, 0.4) is 0 Å². The number of halogens is 5. The molecule has 2 fully saturated rings. The summed E-state index contributed by atoms with van der Waals surface area (Å²) >= 11 is 0. The van der Waals surface area contributed by atoms with E-state index in [-0.39, 0.29) is 5.92 Å². The monoisotopic (exact) mass is 500 g/mol. The summed E-state index contributed by atoms with van der Waals surface area (Å²) in [6, 6.07) is 6.76. The van der Waals surface area contributed by atoms with E-state index in [2.05, 4.69) is 6.92 Å². The number of hydrogen-bond acceptors (Lipinski definition) is 0. The first-order valence-electron chi connectivity index (χ1n) is 13.6. The molecule has 6 heteroatoms. The van der Waals surface area contributed by atoms with E-state index in [9.17, 15) is 22.0 Å². The van der Waals surface area contributed by atoms with Gasteiger partial charge in [0.2, 0.25) is 5.83 Å². The summed E-state index contributed by atoms with van der Waals surface area (Å²) in [4.78, 5) is 0. The Hall–Kier alpha value is -1.17. The fourth-order valence-corrected chi connectivity index (χ4v) is 9.89. The highest BCUT2D eigenvalue weighted by Crippen LogP contribution is 2.40. The van der Waals surface area contributed by atoms with Crippen molar-refractivity contribution in [1.29, 1.82) is 0 Å². The predicted octanol–water partition coefficient (Wildman–Crippen LogP) is 10.2. The highest BCUT2D eigenvalue weighted by Gasteiger charge is 2.26. The Balaban J connectivity index is 1.34. The molecule has 1 saturated heterocycles. The molecule has 0 spiro atoms. The summed E-state index contributed by atoms with van der Waals surface area (Å²) in [6.07, 6.45) is 13.3. The Bertz CT molecular complexity index is 765. The largest absolute Gasteiger partial charge is 0.306 e. The van der Waals surface area contributed by atoms with E-state index < -0.39 is 37.9 Å². The van der Waals surface area contributed by atoms with E-state index in [1.165, 1.54) is 57.8 Å². The molecule has 3 rings (SSSR count). The second-order valence-corrected chi connectivity index (χ2v) is 14.3. The molecule has 0 bridgehead atoms. The second-order valence-electron chi connectivity index (χ2n) is 10.8. The van der Waals surface area contributed by atoms with Crippen LogP contribution < -0.4 is 0 Å². The highest BCUT2D eigenvalue weighted by molar-refractivity contribution is 6.58. The van der Waals surface area contributed by atoms with Crippen LogP contribution in [-0.2, 0) is 0 Å². The van der Waals surface area contributed by atoms with Crippen molar-refractivity contribution < 1.29 is 22.0 Å². The van der Waals surface area contributed by atoms with Crippen LogP contribution in [0.25, 0.3) is 5.83 Å². The molecule has 1 aliphatic carbocycles. The standard InChI is InChI=1S/C28H41F5Si/c1-2-3-6-15-34-16-13-21(14-17-34)8-5-4-7-20-9-11-22(12-10-20)23-18-24(29)26(25(30)19-23)27(31)28(32)33/h18-22,34H,2-17H2,1H3/t20-,21-,22-,34-. The fraction of sp³-hybridized carbons (Fsp3) is 0.714. The Morgan fingerprint density at radius 1 is 0.794 bits per heavy atom. The topological polar surface area (TPSA) is 0 Å². The zero-order valence-electron chi connectivity index (χ0n) is 20.7. The molecule has 192 valence electrons. The first-order valence-corrected chi connectivity index (χ1v) is 16.0. The molecule has 0 amide bonds. The van der Waals surface area contributed by atoms with Gasteiger partial charge >= 0.3 is 6.08 Å². The van der Waals surface area contributed by atoms with Gasteiger partial charge in [0.05, 0.1) is 5.56 Å². The van der Waals surface area contributed by atoms with Crippen LogP contribution in [0.4, 0.5) is 22.0 Å². The van der Waals surface area contributed by atoms with Crippen molar-refractivity contribution in [3.8, 4) is 0 Å². The van der Waals surface area contributed by atoms with Crippen LogP contribution in [-0.4, -0.2) is 8.80 Å². The van der Waals surface area contributed by atoms with Gasteiger partial charge in [-0.2, -0.15) is 8.78 Å². The van der Waals surface area contributed by atoms with Gasteiger partial charge in [-0.25, -0.2) is 13.2 Å². The zero-order valence-corrected chi connectivity index (χ0v) is 21.8. The lowest BCUT2D eigenvalue weighted by Gasteiger charge is -2.30.